The van der Waals surface area contributed by atoms with Crippen LogP contribution in [0.3, 0.4) is 0 Å². The highest BCUT2D eigenvalue weighted by atomic mass is 32.2. The summed E-state index contributed by atoms with van der Waals surface area (Å²) in [5.41, 5.74) is 0.593. The fourth-order valence-corrected chi connectivity index (χ4v) is 1.60. The zero-order chi connectivity index (χ0) is 12.8. The summed E-state index contributed by atoms with van der Waals surface area (Å²) in [4.78, 5) is 12.0. The number of benzene rings is 1. The molecule has 3 nitrogen and oxygen atoms in total. The lowest BCUT2D eigenvalue weighted by atomic mass is 10.3. The summed E-state index contributed by atoms with van der Waals surface area (Å²) < 4.78 is 24.1. The average molecular weight is 260 g/mol. The lowest BCUT2D eigenvalue weighted by Gasteiger charge is -2.11. The maximum absolute atomic E-state index is 12.1. The number of carbonyl (C=O) groups excluding carboxylic acids is 1. The molecule has 0 heterocycles. The van der Waals surface area contributed by atoms with Crippen LogP contribution < -0.4 is 10.6 Å². The van der Waals surface area contributed by atoms with Crippen molar-refractivity contribution in [3.63, 3.8) is 0 Å². The van der Waals surface area contributed by atoms with Crippen molar-refractivity contribution in [3.05, 3.63) is 24.3 Å². The van der Waals surface area contributed by atoms with Gasteiger partial charge in [-0.25, -0.2) is 0 Å². The van der Waals surface area contributed by atoms with Gasteiger partial charge < -0.3 is 10.6 Å². The van der Waals surface area contributed by atoms with Crippen molar-refractivity contribution >= 4 is 23.4 Å². The molecule has 0 aliphatic heterocycles. The second kappa shape index (κ2) is 6.56. The number of rotatable bonds is 5. The predicted molar refractivity (Wildman–Crippen MR) is 65.5 cm³/mol. The first-order chi connectivity index (χ1) is 8.02. The molecule has 1 atom stereocenters. The lowest BCUT2D eigenvalue weighted by Crippen LogP contribution is -2.35. The summed E-state index contributed by atoms with van der Waals surface area (Å²) in [6, 6.07) is 6.01. The van der Waals surface area contributed by atoms with Gasteiger partial charge in [-0.15, -0.1) is 0 Å². The average Bonchev–Trinajstić information content (AvgIpc) is 2.30. The molecule has 0 aromatic heterocycles. The van der Waals surface area contributed by atoms with Crippen molar-refractivity contribution in [2.75, 3.05) is 12.4 Å². The molecule has 0 aliphatic rings. The molecule has 0 radical (unpaired) electrons. The van der Waals surface area contributed by atoms with Crippen molar-refractivity contribution in [2.45, 2.75) is 23.6 Å². The number of alkyl halides is 2. The van der Waals surface area contributed by atoms with Gasteiger partial charge in [0.25, 0.3) is 5.76 Å². The SMILES string of the molecule is CNC(C)C(=O)Nc1ccc(SC(F)F)cc1. The quantitative estimate of drug-likeness (QED) is 0.799. The van der Waals surface area contributed by atoms with Crippen LogP contribution in [0.25, 0.3) is 0 Å². The zero-order valence-corrected chi connectivity index (χ0v) is 10.4. The van der Waals surface area contributed by atoms with Gasteiger partial charge in [0.2, 0.25) is 5.91 Å². The molecule has 6 heteroatoms. The first kappa shape index (κ1) is 13.9. The molecule has 0 bridgehead atoms. The normalized spacial score (nSPS) is 12.5. The third-order valence-corrected chi connectivity index (χ3v) is 2.90. The van der Waals surface area contributed by atoms with E-state index in [1.807, 2.05) is 0 Å². The molecule has 0 fully saturated rings. The Bertz CT molecular complexity index is 370. The molecule has 1 rings (SSSR count). The van der Waals surface area contributed by atoms with Crippen LogP contribution in [0.4, 0.5) is 14.5 Å². The van der Waals surface area contributed by atoms with Crippen LogP contribution in [0.1, 0.15) is 6.92 Å². The molecule has 0 saturated heterocycles. The second-order valence-electron chi connectivity index (χ2n) is 3.40. The summed E-state index contributed by atoms with van der Waals surface area (Å²) in [7, 11) is 1.69. The Balaban J connectivity index is 2.59. The van der Waals surface area contributed by atoms with Gasteiger partial charge in [0.05, 0.1) is 6.04 Å². The summed E-state index contributed by atoms with van der Waals surface area (Å²) in [5.74, 6) is -2.60. The lowest BCUT2D eigenvalue weighted by molar-refractivity contribution is -0.117. The fraction of sp³-hybridized carbons (Fsp3) is 0.364. The van der Waals surface area contributed by atoms with E-state index >= 15 is 0 Å². The van der Waals surface area contributed by atoms with Crippen molar-refractivity contribution in [1.29, 1.82) is 0 Å². The monoisotopic (exact) mass is 260 g/mol. The standard InChI is InChI=1S/C11H14F2N2OS/c1-7(14-2)10(16)15-8-3-5-9(6-4-8)17-11(12)13/h3-7,11,14H,1-2H3,(H,15,16). The van der Waals surface area contributed by atoms with Gasteiger partial charge in [-0.2, -0.15) is 8.78 Å². The minimum absolute atomic E-state index is 0.165. The molecule has 2 N–H and O–H groups in total. The van der Waals surface area contributed by atoms with Gasteiger partial charge in [-0.3, -0.25) is 4.79 Å². The largest absolute Gasteiger partial charge is 0.325 e. The Morgan fingerprint density at radius 3 is 2.35 bits per heavy atom. The second-order valence-corrected chi connectivity index (χ2v) is 4.47. The molecule has 1 amide bonds. The van der Waals surface area contributed by atoms with Crippen molar-refractivity contribution < 1.29 is 13.6 Å². The highest BCUT2D eigenvalue weighted by molar-refractivity contribution is 7.99. The van der Waals surface area contributed by atoms with E-state index in [1.165, 1.54) is 0 Å². The molecule has 0 spiro atoms. The maximum Gasteiger partial charge on any atom is 0.288 e. The molecule has 1 unspecified atom stereocenters. The number of hydrogen-bond donors (Lipinski definition) is 2. The van der Waals surface area contributed by atoms with Gasteiger partial charge in [0, 0.05) is 10.6 Å². The molecule has 1 aromatic carbocycles. The number of thioether (sulfide) groups is 1. The Morgan fingerprint density at radius 1 is 1.29 bits per heavy atom. The van der Waals surface area contributed by atoms with Crippen LogP contribution in [0.2, 0.25) is 0 Å². The third kappa shape index (κ3) is 4.70. The van der Waals surface area contributed by atoms with Gasteiger partial charge in [0.15, 0.2) is 0 Å². The molecule has 0 aliphatic carbocycles. The molecular formula is C11H14F2N2OS. The number of hydrogen-bond acceptors (Lipinski definition) is 3. The molecule has 0 saturated carbocycles. The highest BCUT2D eigenvalue weighted by Gasteiger charge is 2.10. The summed E-state index contributed by atoms with van der Waals surface area (Å²) in [6.45, 7) is 1.73. The van der Waals surface area contributed by atoms with Gasteiger partial charge in [-0.05, 0) is 38.2 Å². The molecular weight excluding hydrogens is 246 g/mol. The van der Waals surface area contributed by atoms with Crippen molar-refractivity contribution in [3.8, 4) is 0 Å². The number of halogens is 2. The van der Waals surface area contributed by atoms with Crippen LogP contribution in [0, 0.1) is 0 Å². The molecule has 1 aromatic rings. The number of likely N-dealkylation sites (N-methyl/N-ethyl adjacent to an activating group) is 1. The van der Waals surface area contributed by atoms with Crippen LogP contribution in [-0.4, -0.2) is 24.8 Å². The van der Waals surface area contributed by atoms with E-state index in [2.05, 4.69) is 10.6 Å². The number of anilines is 1. The topological polar surface area (TPSA) is 41.1 Å². The van der Waals surface area contributed by atoms with Crippen molar-refractivity contribution in [2.24, 2.45) is 0 Å². The third-order valence-electron chi connectivity index (χ3n) is 2.17. The number of amides is 1. The van der Waals surface area contributed by atoms with E-state index in [0.29, 0.717) is 22.3 Å². The van der Waals surface area contributed by atoms with E-state index in [1.54, 1.807) is 38.2 Å². The van der Waals surface area contributed by atoms with E-state index in [9.17, 15) is 13.6 Å². The Hall–Kier alpha value is -1.14. The highest BCUT2D eigenvalue weighted by Crippen LogP contribution is 2.26. The Morgan fingerprint density at radius 2 is 1.88 bits per heavy atom. The first-order valence-corrected chi connectivity index (χ1v) is 5.94. The van der Waals surface area contributed by atoms with Crippen molar-refractivity contribution in [1.82, 2.24) is 5.32 Å². The van der Waals surface area contributed by atoms with Gasteiger partial charge in [0.1, 0.15) is 0 Å². The zero-order valence-electron chi connectivity index (χ0n) is 9.54. The maximum atomic E-state index is 12.1. The van der Waals surface area contributed by atoms with Crippen LogP contribution in [-0.2, 0) is 4.79 Å². The van der Waals surface area contributed by atoms with Crippen LogP contribution in [0.5, 0.6) is 0 Å². The number of carbonyl (C=O) groups is 1. The van der Waals surface area contributed by atoms with E-state index in [0.717, 1.165) is 0 Å². The molecule has 94 valence electrons. The smallest absolute Gasteiger partial charge is 0.288 e. The minimum Gasteiger partial charge on any atom is -0.325 e. The summed E-state index contributed by atoms with van der Waals surface area (Å²) in [6.07, 6.45) is 0. The first-order valence-electron chi connectivity index (χ1n) is 5.06. The minimum atomic E-state index is -2.43. The van der Waals surface area contributed by atoms with Crippen LogP contribution >= 0.6 is 11.8 Å². The molecule has 17 heavy (non-hydrogen) atoms. The summed E-state index contributed by atoms with van der Waals surface area (Å²) >= 11 is 0.478. The summed E-state index contributed by atoms with van der Waals surface area (Å²) in [5, 5.41) is 5.48. The fourth-order valence-electron chi connectivity index (χ4n) is 1.10. The van der Waals surface area contributed by atoms with Crippen LogP contribution in [0.15, 0.2) is 29.2 Å². The van der Waals surface area contributed by atoms with E-state index in [-0.39, 0.29) is 11.9 Å². The Labute approximate surface area is 103 Å². The van der Waals surface area contributed by atoms with Gasteiger partial charge in [-0.1, -0.05) is 11.8 Å². The Kier molecular flexibility index (Phi) is 5.37. The van der Waals surface area contributed by atoms with E-state index < -0.39 is 5.76 Å². The predicted octanol–water partition coefficient (Wildman–Crippen LogP) is 2.55. The number of nitrogens with one attached hydrogen (secondary N) is 2. The van der Waals surface area contributed by atoms with E-state index in [4.69, 9.17) is 0 Å². The van der Waals surface area contributed by atoms with Gasteiger partial charge >= 0.3 is 0 Å².